The van der Waals surface area contributed by atoms with Gasteiger partial charge in [0.05, 0.1) is 18.1 Å². The van der Waals surface area contributed by atoms with E-state index < -0.39 is 5.97 Å². The van der Waals surface area contributed by atoms with E-state index >= 15 is 0 Å². The van der Waals surface area contributed by atoms with Gasteiger partial charge < -0.3 is 20.4 Å². The summed E-state index contributed by atoms with van der Waals surface area (Å²) in [6, 6.07) is 0.247. The van der Waals surface area contributed by atoms with Crippen molar-refractivity contribution in [1.29, 1.82) is 0 Å². The molecule has 2 aliphatic rings. The normalized spacial score (nSPS) is 31.6. The van der Waals surface area contributed by atoms with E-state index in [2.05, 4.69) is 15.1 Å². The van der Waals surface area contributed by atoms with Crippen molar-refractivity contribution in [1.82, 2.24) is 15.1 Å². The third-order valence-corrected chi connectivity index (χ3v) is 3.97. The van der Waals surface area contributed by atoms with Crippen LogP contribution in [0.15, 0.2) is 0 Å². The van der Waals surface area contributed by atoms with Gasteiger partial charge in [-0.2, -0.15) is 0 Å². The number of carbonyl (C=O) groups is 1. The maximum atomic E-state index is 11.0. The minimum absolute atomic E-state index is 0.149. The molecular weight excluding hydrogens is 234 g/mol. The summed E-state index contributed by atoms with van der Waals surface area (Å²) < 4.78 is 0. The van der Waals surface area contributed by atoms with E-state index in [1.54, 1.807) is 0 Å². The maximum absolute atomic E-state index is 11.0. The Morgan fingerprint density at radius 2 is 2.17 bits per heavy atom. The minimum atomic E-state index is -0.763. The van der Waals surface area contributed by atoms with Crippen molar-refractivity contribution < 1.29 is 15.0 Å². The number of nitrogens with one attached hydrogen (secondary N) is 1. The smallest absolute Gasteiger partial charge is 0.305 e. The zero-order valence-corrected chi connectivity index (χ0v) is 11.1. The van der Waals surface area contributed by atoms with Crippen molar-refractivity contribution in [2.45, 2.75) is 30.5 Å². The molecule has 0 saturated carbocycles. The molecular formula is C12H23N3O3. The van der Waals surface area contributed by atoms with Gasteiger partial charge >= 0.3 is 5.97 Å². The van der Waals surface area contributed by atoms with E-state index in [4.69, 9.17) is 5.11 Å². The fraction of sp³-hybridized carbons (Fsp3) is 0.917. The van der Waals surface area contributed by atoms with E-state index in [-0.39, 0.29) is 24.1 Å². The zero-order valence-electron chi connectivity index (χ0n) is 11.1. The first kappa shape index (κ1) is 13.7. The largest absolute Gasteiger partial charge is 0.481 e. The van der Waals surface area contributed by atoms with Crippen molar-refractivity contribution in [3.05, 3.63) is 0 Å². The van der Waals surface area contributed by atoms with Crippen LogP contribution in [-0.4, -0.2) is 83.9 Å². The Hall–Kier alpha value is -0.690. The van der Waals surface area contributed by atoms with Crippen molar-refractivity contribution in [2.75, 3.05) is 40.3 Å². The van der Waals surface area contributed by atoms with Crippen LogP contribution in [0.2, 0.25) is 0 Å². The summed E-state index contributed by atoms with van der Waals surface area (Å²) in [4.78, 5) is 15.4. The van der Waals surface area contributed by atoms with Gasteiger partial charge in [-0.15, -0.1) is 0 Å². The summed E-state index contributed by atoms with van der Waals surface area (Å²) in [5.74, 6) is -0.763. The third-order valence-electron chi connectivity index (χ3n) is 3.97. The van der Waals surface area contributed by atoms with Gasteiger partial charge in [-0.25, -0.2) is 0 Å². The first-order valence-electron chi connectivity index (χ1n) is 6.45. The van der Waals surface area contributed by atoms with Gasteiger partial charge in [0.2, 0.25) is 0 Å². The topological polar surface area (TPSA) is 76.0 Å². The second-order valence-electron chi connectivity index (χ2n) is 5.86. The number of rotatable bonds is 5. The van der Waals surface area contributed by atoms with Crippen LogP contribution in [0.4, 0.5) is 0 Å². The molecule has 0 spiro atoms. The number of hydrogen-bond acceptors (Lipinski definition) is 5. The fourth-order valence-electron chi connectivity index (χ4n) is 3.19. The summed E-state index contributed by atoms with van der Waals surface area (Å²) in [5, 5.41) is 22.1. The summed E-state index contributed by atoms with van der Waals surface area (Å²) in [6.07, 6.45) is 0.553. The van der Waals surface area contributed by atoms with E-state index in [1.807, 2.05) is 14.1 Å². The van der Waals surface area contributed by atoms with Gasteiger partial charge in [-0.1, -0.05) is 0 Å². The third kappa shape index (κ3) is 2.66. The number of carboxylic acid groups (broad SMARTS) is 1. The van der Waals surface area contributed by atoms with Gasteiger partial charge in [0.15, 0.2) is 0 Å². The van der Waals surface area contributed by atoms with Crippen LogP contribution in [0.1, 0.15) is 12.8 Å². The summed E-state index contributed by atoms with van der Waals surface area (Å²) in [6.45, 7) is 2.86. The average Bonchev–Trinajstić information content (AvgIpc) is 2.52. The number of carboxylic acids is 1. The highest BCUT2D eigenvalue weighted by molar-refractivity contribution is 5.69. The van der Waals surface area contributed by atoms with Gasteiger partial charge in [0.1, 0.15) is 0 Å². The summed E-state index contributed by atoms with van der Waals surface area (Å²) in [7, 11) is 4.01. The lowest BCUT2D eigenvalue weighted by atomic mass is 9.85. The van der Waals surface area contributed by atoms with Crippen LogP contribution in [0.25, 0.3) is 0 Å². The van der Waals surface area contributed by atoms with Gasteiger partial charge in [-0.05, 0) is 20.5 Å². The Labute approximate surface area is 108 Å². The molecule has 0 radical (unpaired) electrons. The second-order valence-corrected chi connectivity index (χ2v) is 5.86. The zero-order chi connectivity index (χ0) is 13.3. The number of aliphatic carboxylic acids is 1. The van der Waals surface area contributed by atoms with Gasteiger partial charge in [0.25, 0.3) is 0 Å². The molecule has 3 N–H and O–H groups in total. The molecule has 0 bridgehead atoms. The SMILES string of the molecule is CN(C)CC1CC(O)CN1C1(CC(=O)O)CNC1. The second kappa shape index (κ2) is 5.13. The van der Waals surface area contributed by atoms with Crippen molar-refractivity contribution >= 4 is 5.97 Å². The number of β-amino-alcohol motifs (C(OH)–C–C–N with tert-alkyl or cyclic N) is 1. The maximum Gasteiger partial charge on any atom is 0.305 e. The highest BCUT2D eigenvalue weighted by Gasteiger charge is 2.50. The molecule has 0 aromatic rings. The molecule has 2 rings (SSSR count). The molecule has 6 nitrogen and oxygen atoms in total. The molecule has 0 amide bonds. The van der Waals surface area contributed by atoms with E-state index in [0.29, 0.717) is 19.6 Å². The van der Waals surface area contributed by atoms with Gasteiger partial charge in [0, 0.05) is 32.2 Å². The number of likely N-dealkylation sites (N-methyl/N-ethyl adjacent to an activating group) is 1. The molecule has 2 heterocycles. The summed E-state index contributed by atoms with van der Waals surface area (Å²) in [5.41, 5.74) is -0.302. The van der Waals surface area contributed by atoms with Crippen LogP contribution in [0.5, 0.6) is 0 Å². The van der Waals surface area contributed by atoms with E-state index in [1.165, 1.54) is 0 Å². The lowest BCUT2D eigenvalue weighted by Gasteiger charge is -2.51. The molecule has 0 aliphatic carbocycles. The highest BCUT2D eigenvalue weighted by atomic mass is 16.4. The Balaban J connectivity index is 2.10. The molecule has 0 aromatic heterocycles. The van der Waals surface area contributed by atoms with Crippen molar-refractivity contribution in [3.63, 3.8) is 0 Å². The molecule has 18 heavy (non-hydrogen) atoms. The monoisotopic (exact) mass is 257 g/mol. The Bertz CT molecular complexity index is 318. The molecule has 2 aliphatic heterocycles. The Kier molecular flexibility index (Phi) is 3.91. The lowest BCUT2D eigenvalue weighted by molar-refractivity contribution is -0.142. The standard InChI is InChI=1S/C12H23N3O3/c1-14(2)5-9-3-10(16)6-15(9)12(4-11(17)18)7-13-8-12/h9-10,13,16H,3-8H2,1-2H3,(H,17,18). The number of likely N-dealkylation sites (tertiary alicyclic amines) is 1. The molecule has 0 aromatic carbocycles. The first-order chi connectivity index (χ1) is 8.43. The summed E-state index contributed by atoms with van der Waals surface area (Å²) >= 11 is 0. The van der Waals surface area contributed by atoms with E-state index in [0.717, 1.165) is 13.0 Å². The number of nitrogens with zero attached hydrogens (tertiary/aromatic N) is 2. The van der Waals surface area contributed by atoms with Crippen molar-refractivity contribution in [3.8, 4) is 0 Å². The van der Waals surface area contributed by atoms with Crippen LogP contribution in [-0.2, 0) is 4.79 Å². The Morgan fingerprint density at radius 1 is 1.50 bits per heavy atom. The number of aliphatic hydroxyl groups excluding tert-OH is 1. The first-order valence-corrected chi connectivity index (χ1v) is 6.45. The van der Waals surface area contributed by atoms with Crippen LogP contribution in [0.3, 0.4) is 0 Å². The van der Waals surface area contributed by atoms with Crippen molar-refractivity contribution in [2.24, 2.45) is 0 Å². The van der Waals surface area contributed by atoms with E-state index in [9.17, 15) is 9.90 Å². The predicted molar refractivity (Wildman–Crippen MR) is 67.5 cm³/mol. The molecule has 6 heteroatoms. The van der Waals surface area contributed by atoms with Crippen LogP contribution in [0, 0.1) is 0 Å². The van der Waals surface area contributed by atoms with Crippen LogP contribution >= 0.6 is 0 Å². The number of hydrogen-bond donors (Lipinski definition) is 3. The Morgan fingerprint density at radius 3 is 2.61 bits per heavy atom. The molecule has 2 fully saturated rings. The molecule has 2 atom stereocenters. The fourth-order valence-corrected chi connectivity index (χ4v) is 3.19. The quantitative estimate of drug-likeness (QED) is 0.574. The molecule has 2 unspecified atom stereocenters. The minimum Gasteiger partial charge on any atom is -0.481 e. The molecule has 2 saturated heterocycles. The lowest BCUT2D eigenvalue weighted by Crippen LogP contribution is -2.71. The predicted octanol–water partition coefficient (Wildman–Crippen LogP) is -1.20. The van der Waals surface area contributed by atoms with Gasteiger partial charge in [-0.3, -0.25) is 9.69 Å². The molecule has 104 valence electrons. The van der Waals surface area contributed by atoms with Crippen LogP contribution < -0.4 is 5.32 Å². The highest BCUT2D eigenvalue weighted by Crippen LogP contribution is 2.33. The average molecular weight is 257 g/mol. The number of aliphatic hydroxyl groups is 1.